The van der Waals surface area contributed by atoms with Crippen molar-refractivity contribution in [3.63, 3.8) is 0 Å². The Morgan fingerprint density at radius 1 is 0.360 bits per heavy atom. The van der Waals surface area contributed by atoms with Crippen molar-refractivity contribution in [1.82, 2.24) is 14.5 Å². The molecule has 3 nitrogen and oxygen atoms in total. The molecule has 4 aromatic heterocycles. The van der Waals surface area contributed by atoms with Crippen molar-refractivity contribution in [2.24, 2.45) is 0 Å². The lowest BCUT2D eigenvalue weighted by Gasteiger charge is -2.12. The number of benzene rings is 6. The molecule has 0 atom stereocenters. The van der Waals surface area contributed by atoms with Gasteiger partial charge in [-0.2, -0.15) is 0 Å². The number of rotatable bonds is 5. The summed E-state index contributed by atoms with van der Waals surface area (Å²) in [7, 11) is 0. The molecule has 0 amide bonds. The summed E-state index contributed by atoms with van der Waals surface area (Å²) in [6.45, 7) is 0. The maximum atomic E-state index is 5.31. The first-order valence-electron chi connectivity index (χ1n) is 16.8. The van der Waals surface area contributed by atoms with Crippen LogP contribution in [0.4, 0.5) is 0 Å². The second kappa shape index (κ2) is 11.7. The van der Waals surface area contributed by atoms with Gasteiger partial charge in [0.05, 0.1) is 33.6 Å². The predicted molar refractivity (Wildman–Crippen MR) is 211 cm³/mol. The fourth-order valence-electron chi connectivity index (χ4n) is 7.16. The fourth-order valence-corrected chi connectivity index (χ4v) is 8.28. The molecule has 0 unspecified atom stereocenters. The standard InChI is InChI=1S/C46H29N3S/c1-4-12-30(13-5-1)34-26-40(32-16-8-3-9-17-32)47-41(27-34)33-20-22-35(23-21-33)49-42-25-24-39(31-14-6-2-7-15-31)48-46(42)38-28-37-36-18-10-11-19-44(36)50-45(37)29-43(38)49/h1-29H. The van der Waals surface area contributed by atoms with Crippen LogP contribution in [0.2, 0.25) is 0 Å². The number of hydrogen-bond donors (Lipinski definition) is 0. The highest BCUT2D eigenvalue weighted by atomic mass is 32.1. The fraction of sp³-hybridized carbons (Fsp3) is 0. The van der Waals surface area contributed by atoms with E-state index in [9.17, 15) is 0 Å². The molecule has 0 spiro atoms. The van der Waals surface area contributed by atoms with Gasteiger partial charge in [-0.3, -0.25) is 0 Å². The highest BCUT2D eigenvalue weighted by molar-refractivity contribution is 7.25. The van der Waals surface area contributed by atoms with E-state index in [0.717, 1.165) is 67.0 Å². The minimum Gasteiger partial charge on any atom is -0.308 e. The maximum absolute atomic E-state index is 5.31. The highest BCUT2D eigenvalue weighted by Crippen LogP contribution is 2.41. The summed E-state index contributed by atoms with van der Waals surface area (Å²) in [6, 6.07) is 62.4. The quantitative estimate of drug-likeness (QED) is 0.185. The molecule has 10 aromatic rings. The second-order valence-electron chi connectivity index (χ2n) is 12.6. The summed E-state index contributed by atoms with van der Waals surface area (Å²) in [6.07, 6.45) is 0. The van der Waals surface area contributed by atoms with Gasteiger partial charge < -0.3 is 4.57 Å². The van der Waals surface area contributed by atoms with Gasteiger partial charge >= 0.3 is 0 Å². The first-order valence-corrected chi connectivity index (χ1v) is 17.6. The molecule has 0 saturated heterocycles. The smallest absolute Gasteiger partial charge is 0.0971 e. The van der Waals surface area contributed by atoms with Gasteiger partial charge in [0.15, 0.2) is 0 Å². The van der Waals surface area contributed by atoms with Gasteiger partial charge in [0.1, 0.15) is 0 Å². The number of aromatic nitrogens is 3. The molecule has 234 valence electrons. The summed E-state index contributed by atoms with van der Waals surface area (Å²) in [5.41, 5.74) is 12.8. The van der Waals surface area contributed by atoms with Crippen LogP contribution in [0, 0.1) is 0 Å². The Morgan fingerprint density at radius 2 is 0.960 bits per heavy atom. The molecule has 0 radical (unpaired) electrons. The molecule has 0 aliphatic rings. The molecule has 0 aliphatic carbocycles. The third-order valence-electron chi connectivity index (χ3n) is 9.60. The normalized spacial score (nSPS) is 11.6. The molecule has 4 heteroatoms. The van der Waals surface area contributed by atoms with E-state index < -0.39 is 0 Å². The van der Waals surface area contributed by atoms with Gasteiger partial charge in [0.2, 0.25) is 0 Å². The Labute approximate surface area is 293 Å². The van der Waals surface area contributed by atoms with E-state index >= 15 is 0 Å². The summed E-state index contributed by atoms with van der Waals surface area (Å²) < 4.78 is 4.94. The molecule has 0 N–H and O–H groups in total. The molecule has 50 heavy (non-hydrogen) atoms. The SMILES string of the molecule is c1ccc(-c2cc(-c3ccccc3)nc(-c3ccc(-n4c5cc6sc7ccccc7c6cc5c5nc(-c6ccccc6)ccc54)cc3)c2)cc1. The van der Waals surface area contributed by atoms with E-state index in [1.165, 1.54) is 25.7 Å². The third kappa shape index (κ3) is 4.80. The highest BCUT2D eigenvalue weighted by Gasteiger charge is 2.18. The number of pyridine rings is 2. The monoisotopic (exact) mass is 655 g/mol. The van der Waals surface area contributed by atoms with E-state index in [2.05, 4.69) is 168 Å². The average molecular weight is 656 g/mol. The molecule has 0 saturated carbocycles. The zero-order chi connectivity index (χ0) is 33.0. The van der Waals surface area contributed by atoms with Crippen molar-refractivity contribution in [3.05, 3.63) is 176 Å². The summed E-state index contributed by atoms with van der Waals surface area (Å²) in [5.74, 6) is 0. The predicted octanol–water partition coefficient (Wildman–Crippen LogP) is 12.6. The first-order chi connectivity index (χ1) is 24.8. The van der Waals surface area contributed by atoms with Gasteiger partial charge in [-0.25, -0.2) is 9.97 Å². The van der Waals surface area contributed by atoms with Crippen molar-refractivity contribution in [2.75, 3.05) is 0 Å². The summed E-state index contributed by atoms with van der Waals surface area (Å²) in [4.78, 5) is 10.5. The molecule has 0 bridgehead atoms. The number of nitrogens with zero attached hydrogens (tertiary/aromatic N) is 3. The van der Waals surface area contributed by atoms with Crippen LogP contribution in [0.3, 0.4) is 0 Å². The first kappa shape index (κ1) is 28.6. The zero-order valence-electron chi connectivity index (χ0n) is 27.0. The number of thiophene rings is 1. The molecule has 0 fully saturated rings. The van der Waals surface area contributed by atoms with Crippen LogP contribution in [0.1, 0.15) is 0 Å². The largest absolute Gasteiger partial charge is 0.308 e. The van der Waals surface area contributed by atoms with Crippen molar-refractivity contribution >= 4 is 53.4 Å². The van der Waals surface area contributed by atoms with Crippen LogP contribution >= 0.6 is 11.3 Å². The summed E-state index contributed by atoms with van der Waals surface area (Å²) >= 11 is 1.85. The van der Waals surface area contributed by atoms with E-state index in [0.29, 0.717) is 0 Å². The molecule has 10 rings (SSSR count). The Balaban J connectivity index is 1.15. The van der Waals surface area contributed by atoms with Gasteiger partial charge in [-0.1, -0.05) is 121 Å². The van der Waals surface area contributed by atoms with Crippen LogP contribution in [-0.4, -0.2) is 14.5 Å². The van der Waals surface area contributed by atoms with Gasteiger partial charge in [0, 0.05) is 47.9 Å². The van der Waals surface area contributed by atoms with E-state index in [4.69, 9.17) is 9.97 Å². The second-order valence-corrected chi connectivity index (χ2v) is 13.7. The van der Waals surface area contributed by atoms with Gasteiger partial charge in [-0.15, -0.1) is 11.3 Å². The number of fused-ring (bicyclic) bond motifs is 6. The van der Waals surface area contributed by atoms with Crippen LogP contribution in [0.15, 0.2) is 176 Å². The Morgan fingerprint density at radius 3 is 1.66 bits per heavy atom. The lowest BCUT2D eigenvalue weighted by molar-refractivity contribution is 1.18. The van der Waals surface area contributed by atoms with Gasteiger partial charge in [-0.05, 0) is 65.7 Å². The van der Waals surface area contributed by atoms with Crippen LogP contribution in [0.5, 0.6) is 0 Å². The van der Waals surface area contributed by atoms with Crippen LogP contribution in [0.25, 0.3) is 92.7 Å². The minimum absolute atomic E-state index is 0.945. The Hall–Kier alpha value is -6.36. The lowest BCUT2D eigenvalue weighted by Crippen LogP contribution is -1.95. The molecular weight excluding hydrogens is 627 g/mol. The summed E-state index contributed by atoms with van der Waals surface area (Å²) in [5, 5.41) is 3.72. The topological polar surface area (TPSA) is 30.7 Å². The van der Waals surface area contributed by atoms with Gasteiger partial charge in [0.25, 0.3) is 0 Å². The Bertz CT molecular complexity index is 2780. The minimum atomic E-state index is 0.945. The molecule has 4 heterocycles. The maximum Gasteiger partial charge on any atom is 0.0971 e. The van der Waals surface area contributed by atoms with E-state index in [1.807, 2.05) is 23.5 Å². The van der Waals surface area contributed by atoms with Crippen LogP contribution < -0.4 is 0 Å². The number of hydrogen-bond acceptors (Lipinski definition) is 3. The average Bonchev–Trinajstić information content (AvgIpc) is 3.72. The zero-order valence-corrected chi connectivity index (χ0v) is 27.8. The van der Waals surface area contributed by atoms with Crippen molar-refractivity contribution < 1.29 is 0 Å². The third-order valence-corrected chi connectivity index (χ3v) is 10.7. The lowest BCUT2D eigenvalue weighted by atomic mass is 10.00. The van der Waals surface area contributed by atoms with Crippen molar-refractivity contribution in [2.45, 2.75) is 0 Å². The van der Waals surface area contributed by atoms with E-state index in [1.54, 1.807) is 0 Å². The van der Waals surface area contributed by atoms with Crippen molar-refractivity contribution in [1.29, 1.82) is 0 Å². The van der Waals surface area contributed by atoms with E-state index in [-0.39, 0.29) is 0 Å². The molecule has 6 aromatic carbocycles. The van der Waals surface area contributed by atoms with Crippen molar-refractivity contribution in [3.8, 4) is 50.6 Å². The molecule has 0 aliphatic heterocycles. The van der Waals surface area contributed by atoms with Crippen LogP contribution in [-0.2, 0) is 0 Å². The molecular formula is C46H29N3S. The Kier molecular flexibility index (Phi) is 6.68.